The highest BCUT2D eigenvalue weighted by molar-refractivity contribution is 7.89. The Morgan fingerprint density at radius 1 is 1.20 bits per heavy atom. The largest absolute Gasteiger partial charge is 0.361 e. The fourth-order valence-corrected chi connectivity index (χ4v) is 5.55. The molecule has 0 amide bonds. The van der Waals surface area contributed by atoms with E-state index in [0.29, 0.717) is 6.54 Å². The first-order valence-corrected chi connectivity index (χ1v) is 11.7. The molecular formula is C22H25N5O2S. The third kappa shape index (κ3) is 3.40. The van der Waals surface area contributed by atoms with E-state index >= 15 is 0 Å². The lowest BCUT2D eigenvalue weighted by Gasteiger charge is -2.27. The van der Waals surface area contributed by atoms with Crippen molar-refractivity contribution in [3.05, 3.63) is 60.7 Å². The number of rotatable bonds is 6. The molecule has 156 valence electrons. The van der Waals surface area contributed by atoms with E-state index in [1.807, 2.05) is 37.6 Å². The third-order valence-corrected chi connectivity index (χ3v) is 7.49. The number of H-pyrrole nitrogens is 1. The predicted octanol–water partition coefficient (Wildman–Crippen LogP) is 3.17. The molecule has 4 heterocycles. The van der Waals surface area contributed by atoms with Crippen molar-refractivity contribution in [2.75, 3.05) is 19.6 Å². The van der Waals surface area contributed by atoms with Gasteiger partial charge in [0.1, 0.15) is 0 Å². The molecule has 1 aromatic carbocycles. The Bertz CT molecular complexity index is 1300. The van der Waals surface area contributed by atoms with E-state index in [-0.39, 0.29) is 10.9 Å². The average molecular weight is 424 g/mol. The number of nitrogens with one attached hydrogen (secondary N) is 2. The Hall–Kier alpha value is -2.68. The van der Waals surface area contributed by atoms with Crippen LogP contribution in [0, 0.1) is 0 Å². The second kappa shape index (κ2) is 7.54. The smallest absolute Gasteiger partial charge is 0.240 e. The predicted molar refractivity (Wildman–Crippen MR) is 118 cm³/mol. The fourth-order valence-electron chi connectivity index (χ4n) is 4.49. The monoisotopic (exact) mass is 423 g/mol. The molecule has 1 unspecified atom stereocenters. The molecule has 3 aromatic heterocycles. The first-order valence-electron chi connectivity index (χ1n) is 10.2. The number of hydrogen-bond acceptors (Lipinski definition) is 4. The number of pyridine rings is 1. The Labute approximate surface area is 175 Å². The minimum atomic E-state index is -3.63. The zero-order valence-corrected chi connectivity index (χ0v) is 17.7. The van der Waals surface area contributed by atoms with Gasteiger partial charge in [-0.2, -0.15) is 0 Å². The van der Waals surface area contributed by atoms with Crippen LogP contribution in [0.5, 0.6) is 0 Å². The van der Waals surface area contributed by atoms with Crippen molar-refractivity contribution in [2.45, 2.75) is 23.8 Å². The van der Waals surface area contributed by atoms with Gasteiger partial charge in [-0.1, -0.05) is 6.07 Å². The zero-order chi connectivity index (χ0) is 20.7. The second-order valence-electron chi connectivity index (χ2n) is 7.93. The van der Waals surface area contributed by atoms with Crippen molar-refractivity contribution in [2.24, 2.45) is 7.05 Å². The molecule has 1 saturated heterocycles. The van der Waals surface area contributed by atoms with Crippen LogP contribution < -0.4 is 4.72 Å². The molecule has 1 aliphatic heterocycles. The molecule has 0 spiro atoms. The zero-order valence-electron chi connectivity index (χ0n) is 16.9. The van der Waals surface area contributed by atoms with Gasteiger partial charge in [0.05, 0.1) is 16.5 Å². The first kappa shape index (κ1) is 19.3. The topological polar surface area (TPSA) is 83.0 Å². The van der Waals surface area contributed by atoms with E-state index in [0.717, 1.165) is 53.3 Å². The number of likely N-dealkylation sites (tertiary alicyclic amines) is 1. The van der Waals surface area contributed by atoms with E-state index in [2.05, 4.69) is 30.4 Å². The van der Waals surface area contributed by atoms with Crippen LogP contribution in [0.2, 0.25) is 0 Å². The first-order chi connectivity index (χ1) is 14.5. The highest BCUT2D eigenvalue weighted by Gasteiger charge is 2.28. The van der Waals surface area contributed by atoms with E-state index in [1.54, 1.807) is 18.3 Å². The van der Waals surface area contributed by atoms with Crippen molar-refractivity contribution >= 4 is 31.8 Å². The van der Waals surface area contributed by atoms with Crippen molar-refractivity contribution in [3.8, 4) is 0 Å². The second-order valence-corrected chi connectivity index (χ2v) is 9.69. The number of hydrogen-bond donors (Lipinski definition) is 2. The summed E-state index contributed by atoms with van der Waals surface area (Å²) in [6.07, 6.45) is 9.85. The molecule has 1 aliphatic rings. The number of fused-ring (bicyclic) bond motifs is 2. The van der Waals surface area contributed by atoms with Crippen molar-refractivity contribution in [3.63, 3.8) is 0 Å². The van der Waals surface area contributed by atoms with Crippen molar-refractivity contribution in [1.82, 2.24) is 24.2 Å². The summed E-state index contributed by atoms with van der Waals surface area (Å²) < 4.78 is 31.1. The van der Waals surface area contributed by atoms with Gasteiger partial charge in [-0.3, -0.25) is 9.88 Å². The maximum atomic E-state index is 13.1. The van der Waals surface area contributed by atoms with Crippen LogP contribution in [0.3, 0.4) is 0 Å². The lowest BCUT2D eigenvalue weighted by Crippen LogP contribution is -2.36. The van der Waals surface area contributed by atoms with Crippen LogP contribution in [0.15, 0.2) is 60.0 Å². The van der Waals surface area contributed by atoms with Gasteiger partial charge < -0.3 is 9.55 Å². The van der Waals surface area contributed by atoms with E-state index in [1.165, 1.54) is 0 Å². The lowest BCUT2D eigenvalue weighted by molar-refractivity contribution is 0.247. The number of nitrogens with zero attached hydrogens (tertiary/aromatic N) is 3. The van der Waals surface area contributed by atoms with Gasteiger partial charge in [-0.05, 0) is 61.1 Å². The van der Waals surface area contributed by atoms with Crippen LogP contribution in [-0.2, 0) is 17.1 Å². The summed E-state index contributed by atoms with van der Waals surface area (Å²) in [6, 6.07) is 9.06. The summed E-state index contributed by atoms with van der Waals surface area (Å²) in [5, 5.41) is 2.07. The molecule has 2 N–H and O–H groups in total. The van der Waals surface area contributed by atoms with E-state index < -0.39 is 10.0 Å². The highest BCUT2D eigenvalue weighted by atomic mass is 32.2. The Kier molecular flexibility index (Phi) is 4.85. The lowest BCUT2D eigenvalue weighted by atomic mass is 10.1. The van der Waals surface area contributed by atoms with Crippen LogP contribution in [-0.4, -0.2) is 47.5 Å². The van der Waals surface area contributed by atoms with Crippen molar-refractivity contribution < 1.29 is 8.42 Å². The molecule has 7 nitrogen and oxygen atoms in total. The van der Waals surface area contributed by atoms with Gasteiger partial charge in [-0.15, -0.1) is 0 Å². The Morgan fingerprint density at radius 2 is 2.03 bits per heavy atom. The maximum absolute atomic E-state index is 13.1. The number of sulfonamides is 1. The molecule has 30 heavy (non-hydrogen) atoms. The molecule has 0 radical (unpaired) electrons. The van der Waals surface area contributed by atoms with Gasteiger partial charge >= 0.3 is 0 Å². The molecule has 0 saturated carbocycles. The molecule has 8 heteroatoms. The summed E-state index contributed by atoms with van der Waals surface area (Å²) in [4.78, 5) is 10.0. The summed E-state index contributed by atoms with van der Waals surface area (Å²) in [5.41, 5.74) is 3.03. The molecule has 5 rings (SSSR count). The van der Waals surface area contributed by atoms with Gasteiger partial charge in [0, 0.05) is 49.3 Å². The Balaban J connectivity index is 1.46. The van der Waals surface area contributed by atoms with E-state index in [9.17, 15) is 8.42 Å². The quantitative estimate of drug-likeness (QED) is 0.499. The highest BCUT2D eigenvalue weighted by Crippen LogP contribution is 2.31. The van der Waals surface area contributed by atoms with Crippen molar-refractivity contribution in [1.29, 1.82) is 0 Å². The van der Waals surface area contributed by atoms with Gasteiger partial charge in [-0.25, -0.2) is 13.1 Å². The minimum absolute atomic E-state index is 0.0376. The maximum Gasteiger partial charge on any atom is 0.240 e. The normalized spacial score (nSPS) is 16.6. The van der Waals surface area contributed by atoms with Crippen LogP contribution in [0.25, 0.3) is 21.8 Å². The molecule has 0 aliphatic carbocycles. The summed E-state index contributed by atoms with van der Waals surface area (Å²) in [6.45, 7) is 2.26. The summed E-state index contributed by atoms with van der Waals surface area (Å²) in [5.74, 6) is 0. The number of aryl methyl sites for hydroxylation is 1. The van der Waals surface area contributed by atoms with Crippen LogP contribution >= 0.6 is 0 Å². The van der Waals surface area contributed by atoms with Crippen LogP contribution in [0.1, 0.15) is 24.4 Å². The molecule has 1 atom stereocenters. The number of aromatic amines is 1. The Morgan fingerprint density at radius 3 is 2.87 bits per heavy atom. The summed E-state index contributed by atoms with van der Waals surface area (Å²) in [7, 11) is -1.61. The van der Waals surface area contributed by atoms with Gasteiger partial charge in [0.25, 0.3) is 0 Å². The third-order valence-electron chi connectivity index (χ3n) is 6.07. The minimum Gasteiger partial charge on any atom is -0.361 e. The number of benzene rings is 1. The van der Waals surface area contributed by atoms with Crippen LogP contribution in [0.4, 0.5) is 0 Å². The van der Waals surface area contributed by atoms with E-state index in [4.69, 9.17) is 0 Å². The molecule has 1 fully saturated rings. The summed E-state index contributed by atoms with van der Waals surface area (Å²) >= 11 is 0. The fraction of sp³-hybridized carbons (Fsp3) is 0.318. The van der Waals surface area contributed by atoms with Gasteiger partial charge in [0.2, 0.25) is 10.0 Å². The average Bonchev–Trinajstić information content (AvgIpc) is 3.49. The SMILES string of the molecule is Cn1cc(C(CNS(=O)(=O)c2ccc3cc[nH]c3c2)N2CCCC2)c2cnccc21. The molecule has 0 bridgehead atoms. The van der Waals surface area contributed by atoms with Gasteiger partial charge in [0.15, 0.2) is 0 Å². The number of aromatic nitrogens is 3. The molecular weight excluding hydrogens is 398 g/mol. The molecule has 4 aromatic rings. The standard InChI is InChI=1S/C22H25N5O2S/c1-26-15-19(18-13-23-8-7-21(18)26)22(27-10-2-3-11-27)14-25-30(28,29)17-5-4-16-6-9-24-20(16)12-17/h4-9,12-13,15,22,24-25H,2-3,10-11,14H2,1H3.